The zero-order valence-corrected chi connectivity index (χ0v) is 6.73. The molecule has 0 aromatic carbocycles. The number of nitrogens with zero attached hydrogens (tertiary/aromatic N) is 2. The zero-order valence-electron chi connectivity index (χ0n) is 6.73. The first kappa shape index (κ1) is 8.52. The second-order valence-electron chi connectivity index (χ2n) is 2.52. The molecule has 0 fully saturated rings. The van der Waals surface area contributed by atoms with Gasteiger partial charge >= 0.3 is 0 Å². The molecule has 2 N–H and O–H groups in total. The Bertz CT molecular complexity index is 277. The van der Waals surface area contributed by atoms with E-state index in [9.17, 15) is 4.79 Å². The predicted octanol–water partition coefficient (Wildman–Crippen LogP) is 0.315. The summed E-state index contributed by atoms with van der Waals surface area (Å²) in [5.41, 5.74) is 5.46. The maximum atomic E-state index is 10.6. The molecule has 0 spiro atoms. The van der Waals surface area contributed by atoms with Crippen molar-refractivity contribution in [2.24, 2.45) is 5.73 Å². The number of carbonyl (C=O) groups excluding carboxylic acids is 1. The molecule has 0 saturated heterocycles. The van der Waals surface area contributed by atoms with Gasteiger partial charge in [-0.25, -0.2) is 4.98 Å². The Labute approximate surface area is 70.7 Å². The number of imidazole rings is 1. The van der Waals surface area contributed by atoms with Crippen molar-refractivity contribution in [3.05, 3.63) is 30.9 Å². The Hall–Kier alpha value is -1.58. The first-order chi connectivity index (χ1) is 5.70. The van der Waals surface area contributed by atoms with Crippen molar-refractivity contribution in [3.8, 4) is 0 Å². The molecule has 1 heterocycles. The van der Waals surface area contributed by atoms with Crippen LogP contribution in [0.15, 0.2) is 30.9 Å². The quantitative estimate of drug-likeness (QED) is 0.653. The van der Waals surface area contributed by atoms with Crippen LogP contribution in [0, 0.1) is 0 Å². The Kier molecular flexibility index (Phi) is 2.63. The second kappa shape index (κ2) is 3.71. The van der Waals surface area contributed by atoms with E-state index in [-0.39, 0.29) is 0 Å². The summed E-state index contributed by atoms with van der Waals surface area (Å²) in [5.74, 6) is -0.435. The molecule has 4 nitrogen and oxygen atoms in total. The smallest absolute Gasteiger partial charge is 0.244 e. The van der Waals surface area contributed by atoms with Gasteiger partial charge in [0.1, 0.15) is 0 Å². The number of hydrogen-bond acceptors (Lipinski definition) is 2. The van der Waals surface area contributed by atoms with E-state index in [1.807, 2.05) is 10.8 Å². The number of primary amides is 1. The van der Waals surface area contributed by atoms with Crippen LogP contribution in [0.5, 0.6) is 0 Å². The highest BCUT2D eigenvalue weighted by atomic mass is 16.1. The van der Waals surface area contributed by atoms with E-state index in [0.717, 1.165) is 0 Å². The number of aryl methyl sites for hydroxylation is 1. The van der Waals surface area contributed by atoms with Crippen LogP contribution in [0.1, 0.15) is 6.42 Å². The molecule has 0 unspecified atom stereocenters. The monoisotopic (exact) mass is 165 g/mol. The van der Waals surface area contributed by atoms with E-state index in [2.05, 4.69) is 11.6 Å². The lowest BCUT2D eigenvalue weighted by Gasteiger charge is -2.01. The third-order valence-electron chi connectivity index (χ3n) is 1.58. The highest BCUT2D eigenvalue weighted by Crippen LogP contribution is 1.99. The van der Waals surface area contributed by atoms with Crippen molar-refractivity contribution in [2.45, 2.75) is 13.0 Å². The Morgan fingerprint density at radius 2 is 2.42 bits per heavy atom. The molecule has 1 aromatic heterocycles. The van der Waals surface area contributed by atoms with Crippen LogP contribution < -0.4 is 5.73 Å². The molecular weight excluding hydrogens is 154 g/mol. The maximum Gasteiger partial charge on any atom is 0.244 e. The number of carbonyl (C=O) groups is 1. The average Bonchev–Trinajstić information content (AvgIpc) is 2.51. The lowest BCUT2D eigenvalue weighted by molar-refractivity contribution is -0.114. The molecule has 0 aliphatic heterocycles. The molecule has 0 aliphatic rings. The minimum absolute atomic E-state index is 0.435. The fraction of sp³-hybridized carbons (Fsp3) is 0.250. The predicted molar refractivity (Wildman–Crippen MR) is 45.2 cm³/mol. The second-order valence-corrected chi connectivity index (χ2v) is 2.52. The number of amides is 1. The minimum atomic E-state index is -0.435. The summed E-state index contributed by atoms with van der Waals surface area (Å²) in [4.78, 5) is 14.4. The lowest BCUT2D eigenvalue weighted by Crippen LogP contribution is -2.14. The standard InChI is InChI=1S/C8H11N3O/c1-7(8(9)12)2-4-11-5-3-10-6-11/h3,5-6H,1-2,4H2,(H2,9,12). The summed E-state index contributed by atoms with van der Waals surface area (Å²) in [6.45, 7) is 4.24. The van der Waals surface area contributed by atoms with Gasteiger partial charge in [0.25, 0.3) is 0 Å². The number of aromatic nitrogens is 2. The van der Waals surface area contributed by atoms with Crippen LogP contribution in [-0.2, 0) is 11.3 Å². The Morgan fingerprint density at radius 3 is 2.92 bits per heavy atom. The molecule has 0 radical (unpaired) electrons. The first-order valence-corrected chi connectivity index (χ1v) is 3.63. The SMILES string of the molecule is C=C(CCn1ccnc1)C(N)=O. The molecule has 0 bridgehead atoms. The fourth-order valence-corrected chi connectivity index (χ4v) is 0.806. The van der Waals surface area contributed by atoms with Crippen molar-refractivity contribution in [1.29, 1.82) is 0 Å². The molecule has 1 amide bonds. The molecule has 1 aromatic rings. The maximum absolute atomic E-state index is 10.6. The van der Waals surface area contributed by atoms with E-state index in [1.54, 1.807) is 12.5 Å². The van der Waals surface area contributed by atoms with E-state index in [4.69, 9.17) is 5.73 Å². The van der Waals surface area contributed by atoms with Crippen molar-refractivity contribution >= 4 is 5.91 Å². The van der Waals surface area contributed by atoms with Gasteiger partial charge in [-0.3, -0.25) is 4.79 Å². The highest BCUT2D eigenvalue weighted by molar-refractivity contribution is 5.91. The van der Waals surface area contributed by atoms with E-state index in [1.165, 1.54) is 0 Å². The Balaban J connectivity index is 2.37. The van der Waals surface area contributed by atoms with E-state index >= 15 is 0 Å². The number of rotatable bonds is 4. The average molecular weight is 165 g/mol. The third kappa shape index (κ3) is 2.23. The van der Waals surface area contributed by atoms with Gasteiger partial charge in [0.05, 0.1) is 6.33 Å². The number of nitrogens with two attached hydrogens (primary N) is 1. The van der Waals surface area contributed by atoms with Gasteiger partial charge < -0.3 is 10.3 Å². The van der Waals surface area contributed by atoms with Crippen LogP contribution in [0.25, 0.3) is 0 Å². The molecule has 0 aliphatic carbocycles. The summed E-state index contributed by atoms with van der Waals surface area (Å²) in [6.07, 6.45) is 5.78. The van der Waals surface area contributed by atoms with E-state index < -0.39 is 5.91 Å². The highest BCUT2D eigenvalue weighted by Gasteiger charge is 2.00. The summed E-state index contributed by atoms with van der Waals surface area (Å²) in [6, 6.07) is 0. The van der Waals surface area contributed by atoms with Crippen molar-refractivity contribution < 1.29 is 4.79 Å². The van der Waals surface area contributed by atoms with Gasteiger partial charge in [-0.05, 0) is 6.42 Å². The fourth-order valence-electron chi connectivity index (χ4n) is 0.806. The van der Waals surface area contributed by atoms with Crippen molar-refractivity contribution in [3.63, 3.8) is 0 Å². The van der Waals surface area contributed by atoms with Gasteiger partial charge in [0, 0.05) is 24.5 Å². The molecule has 1 rings (SSSR count). The van der Waals surface area contributed by atoms with Gasteiger partial charge in [-0.1, -0.05) is 6.58 Å². The Morgan fingerprint density at radius 1 is 1.67 bits per heavy atom. The molecular formula is C8H11N3O. The normalized spacial score (nSPS) is 9.67. The molecule has 0 saturated carbocycles. The summed E-state index contributed by atoms with van der Waals surface area (Å²) in [5, 5.41) is 0. The molecule has 0 atom stereocenters. The van der Waals surface area contributed by atoms with Gasteiger partial charge in [-0.2, -0.15) is 0 Å². The van der Waals surface area contributed by atoms with Crippen LogP contribution in [-0.4, -0.2) is 15.5 Å². The van der Waals surface area contributed by atoms with E-state index in [0.29, 0.717) is 18.5 Å². The van der Waals surface area contributed by atoms with Crippen LogP contribution in [0.3, 0.4) is 0 Å². The van der Waals surface area contributed by atoms with Crippen LogP contribution in [0.4, 0.5) is 0 Å². The van der Waals surface area contributed by atoms with Gasteiger partial charge in [-0.15, -0.1) is 0 Å². The summed E-state index contributed by atoms with van der Waals surface area (Å²) >= 11 is 0. The van der Waals surface area contributed by atoms with Crippen molar-refractivity contribution in [2.75, 3.05) is 0 Å². The minimum Gasteiger partial charge on any atom is -0.366 e. The van der Waals surface area contributed by atoms with Gasteiger partial charge in [0.15, 0.2) is 0 Å². The molecule has 4 heteroatoms. The van der Waals surface area contributed by atoms with Crippen LogP contribution in [0.2, 0.25) is 0 Å². The molecule has 12 heavy (non-hydrogen) atoms. The summed E-state index contributed by atoms with van der Waals surface area (Å²) < 4.78 is 1.87. The lowest BCUT2D eigenvalue weighted by atomic mass is 10.2. The zero-order chi connectivity index (χ0) is 8.97. The van der Waals surface area contributed by atoms with Crippen molar-refractivity contribution in [1.82, 2.24) is 9.55 Å². The largest absolute Gasteiger partial charge is 0.366 e. The number of hydrogen-bond donors (Lipinski definition) is 1. The molecule has 64 valence electrons. The topological polar surface area (TPSA) is 60.9 Å². The van der Waals surface area contributed by atoms with Crippen LogP contribution >= 0.6 is 0 Å². The summed E-state index contributed by atoms with van der Waals surface area (Å²) in [7, 11) is 0. The first-order valence-electron chi connectivity index (χ1n) is 3.63. The van der Waals surface area contributed by atoms with Gasteiger partial charge in [0.2, 0.25) is 5.91 Å². The third-order valence-corrected chi connectivity index (χ3v) is 1.58.